The number of nitriles is 1. The van der Waals surface area contributed by atoms with Crippen LogP contribution in [0.4, 0.5) is 13.2 Å². The van der Waals surface area contributed by atoms with Crippen molar-refractivity contribution in [1.82, 2.24) is 9.38 Å². The summed E-state index contributed by atoms with van der Waals surface area (Å²) >= 11 is 5.91. The first-order chi connectivity index (χ1) is 9.82. The highest BCUT2D eigenvalue weighted by atomic mass is 35.5. The van der Waals surface area contributed by atoms with Gasteiger partial charge in [-0.1, -0.05) is 11.6 Å². The number of carbonyl (C=O) groups excluding carboxylic acids is 1. The van der Waals surface area contributed by atoms with Crippen molar-refractivity contribution in [2.24, 2.45) is 0 Å². The van der Waals surface area contributed by atoms with Crippen LogP contribution in [0.25, 0.3) is 5.65 Å². The number of hydrogen-bond donors (Lipinski definition) is 0. The molecule has 0 saturated heterocycles. The first kappa shape index (κ1) is 13.9. The molecule has 1 aliphatic carbocycles. The maximum absolute atomic E-state index is 13.2. The third kappa shape index (κ3) is 2.25. The van der Waals surface area contributed by atoms with E-state index in [9.17, 15) is 18.0 Å². The van der Waals surface area contributed by atoms with Gasteiger partial charge in [0.1, 0.15) is 11.2 Å². The molecule has 0 bridgehead atoms. The van der Waals surface area contributed by atoms with Crippen LogP contribution in [0.5, 0.6) is 0 Å². The fraction of sp³-hybridized carbons (Fsp3) is 0.308. The number of alkyl halides is 3. The van der Waals surface area contributed by atoms with E-state index in [1.165, 1.54) is 12.3 Å². The van der Waals surface area contributed by atoms with E-state index in [0.717, 1.165) is 23.3 Å². The largest absolute Gasteiger partial charge is 0.419 e. The molecule has 4 nitrogen and oxygen atoms in total. The number of fused-ring (bicyclic) bond motifs is 1. The van der Waals surface area contributed by atoms with E-state index in [1.54, 1.807) is 0 Å². The molecule has 1 saturated carbocycles. The lowest BCUT2D eigenvalue weighted by molar-refractivity contribution is -0.136. The van der Waals surface area contributed by atoms with Gasteiger partial charge in [0.25, 0.3) is 5.78 Å². The van der Waals surface area contributed by atoms with Crippen molar-refractivity contribution in [3.05, 3.63) is 34.2 Å². The predicted molar refractivity (Wildman–Crippen MR) is 67.1 cm³/mol. The lowest BCUT2D eigenvalue weighted by atomic mass is 10.1. The van der Waals surface area contributed by atoms with Gasteiger partial charge in [-0.05, 0) is 30.4 Å². The van der Waals surface area contributed by atoms with Gasteiger partial charge in [0, 0.05) is 6.20 Å². The van der Waals surface area contributed by atoms with Gasteiger partial charge in [0.2, 0.25) is 0 Å². The van der Waals surface area contributed by atoms with Crippen molar-refractivity contribution in [3.8, 4) is 6.07 Å². The molecule has 2 heterocycles. The van der Waals surface area contributed by atoms with Gasteiger partial charge >= 0.3 is 6.18 Å². The van der Waals surface area contributed by atoms with Gasteiger partial charge in [0.15, 0.2) is 11.3 Å². The zero-order valence-electron chi connectivity index (χ0n) is 10.4. The molecular formula is C13H7ClF3N3O. The molecule has 1 fully saturated rings. The minimum atomic E-state index is -4.62. The molecule has 21 heavy (non-hydrogen) atoms. The van der Waals surface area contributed by atoms with E-state index in [4.69, 9.17) is 16.9 Å². The van der Waals surface area contributed by atoms with Crippen LogP contribution in [0.2, 0.25) is 5.15 Å². The number of halogens is 4. The molecule has 2 aromatic heterocycles. The summed E-state index contributed by atoms with van der Waals surface area (Å²) in [5, 5.41) is 8.32. The Morgan fingerprint density at radius 3 is 2.67 bits per heavy atom. The van der Waals surface area contributed by atoms with E-state index in [0.29, 0.717) is 5.56 Å². The van der Waals surface area contributed by atoms with Gasteiger partial charge in [-0.3, -0.25) is 9.20 Å². The Kier molecular flexibility index (Phi) is 2.95. The van der Waals surface area contributed by atoms with E-state index in [1.807, 2.05) is 0 Å². The van der Waals surface area contributed by atoms with Gasteiger partial charge in [0.05, 0.1) is 5.56 Å². The van der Waals surface area contributed by atoms with Crippen molar-refractivity contribution in [1.29, 1.82) is 5.26 Å². The molecule has 3 rings (SSSR count). The summed E-state index contributed by atoms with van der Waals surface area (Å²) in [5.41, 5.74) is -1.37. The van der Waals surface area contributed by atoms with Crippen LogP contribution in [0.15, 0.2) is 12.3 Å². The van der Waals surface area contributed by atoms with E-state index in [2.05, 4.69) is 4.98 Å². The molecule has 0 radical (unpaired) electrons. The average Bonchev–Trinajstić information content (AvgIpc) is 3.21. The number of rotatable bonds is 2. The van der Waals surface area contributed by atoms with Crippen molar-refractivity contribution >= 4 is 23.0 Å². The second-order valence-corrected chi connectivity index (χ2v) is 5.20. The average molecular weight is 314 g/mol. The van der Waals surface area contributed by atoms with Gasteiger partial charge in [-0.25, -0.2) is 4.98 Å². The van der Waals surface area contributed by atoms with Crippen LogP contribution < -0.4 is 0 Å². The van der Waals surface area contributed by atoms with Crippen LogP contribution >= 0.6 is 11.6 Å². The molecule has 108 valence electrons. The smallest absolute Gasteiger partial charge is 0.289 e. The number of aromatic nitrogens is 2. The highest BCUT2D eigenvalue weighted by Gasteiger charge is 2.37. The van der Waals surface area contributed by atoms with Crippen molar-refractivity contribution in [3.63, 3.8) is 0 Å². The van der Waals surface area contributed by atoms with E-state index < -0.39 is 28.9 Å². The molecule has 0 atom stereocenters. The topological polar surface area (TPSA) is 58.2 Å². The lowest BCUT2D eigenvalue weighted by Crippen LogP contribution is -2.09. The SMILES string of the molecule is N#CC(=O)c1nc2c(C(F)(F)F)cc(C3CC3)cn2c1Cl. The number of pyridine rings is 1. The second-order valence-electron chi connectivity index (χ2n) is 4.84. The van der Waals surface area contributed by atoms with Crippen LogP contribution in [0.3, 0.4) is 0 Å². The molecule has 0 unspecified atom stereocenters. The van der Waals surface area contributed by atoms with Crippen LogP contribution in [-0.4, -0.2) is 15.2 Å². The van der Waals surface area contributed by atoms with Crippen molar-refractivity contribution in [2.45, 2.75) is 24.9 Å². The maximum Gasteiger partial charge on any atom is 0.419 e. The van der Waals surface area contributed by atoms with Crippen LogP contribution in [0, 0.1) is 11.3 Å². The third-order valence-corrected chi connectivity index (χ3v) is 3.71. The number of nitrogens with zero attached hydrogens (tertiary/aromatic N) is 3. The monoisotopic (exact) mass is 313 g/mol. The van der Waals surface area contributed by atoms with Gasteiger partial charge in [-0.2, -0.15) is 18.4 Å². The lowest BCUT2D eigenvalue weighted by Gasteiger charge is -2.10. The number of Topliss-reactive ketones (excluding diaryl/α,β-unsaturated/α-hetero) is 1. The fourth-order valence-corrected chi connectivity index (χ4v) is 2.44. The third-order valence-electron chi connectivity index (χ3n) is 3.35. The standard InChI is InChI=1S/C13H7ClF3N3O/c14-11-10(9(21)4-18)19-12-8(13(15,16)17)3-7(5-20(11)12)6-1-2-6/h3,5-6H,1-2H2. The molecule has 2 aromatic rings. The van der Waals surface area contributed by atoms with Gasteiger partial charge in [-0.15, -0.1) is 0 Å². The summed E-state index contributed by atoms with van der Waals surface area (Å²) in [6.45, 7) is 0. The highest BCUT2D eigenvalue weighted by molar-refractivity contribution is 6.34. The molecule has 0 aliphatic heterocycles. The Balaban J connectivity index is 2.33. The van der Waals surface area contributed by atoms with Crippen molar-refractivity contribution < 1.29 is 18.0 Å². The molecule has 8 heteroatoms. The zero-order valence-corrected chi connectivity index (χ0v) is 11.2. The Morgan fingerprint density at radius 2 is 2.14 bits per heavy atom. The minimum absolute atomic E-state index is 0.0732. The molecule has 1 aliphatic rings. The molecule has 0 spiro atoms. The number of hydrogen-bond acceptors (Lipinski definition) is 3. The molecule has 0 aromatic carbocycles. The summed E-state index contributed by atoms with van der Waals surface area (Å²) in [6, 6.07) is 2.35. The molecule has 0 amide bonds. The minimum Gasteiger partial charge on any atom is -0.289 e. The second kappa shape index (κ2) is 4.46. The molecule has 0 N–H and O–H groups in total. The Bertz CT molecular complexity index is 800. The fourth-order valence-electron chi connectivity index (χ4n) is 2.18. The van der Waals surface area contributed by atoms with Crippen molar-refractivity contribution in [2.75, 3.05) is 0 Å². The predicted octanol–water partition coefficient (Wildman–Crippen LogP) is 3.59. The Hall–Kier alpha value is -2.07. The van der Waals surface area contributed by atoms with Crippen LogP contribution in [-0.2, 0) is 6.18 Å². The highest BCUT2D eigenvalue weighted by Crippen LogP contribution is 2.43. The Labute approximate surface area is 121 Å². The zero-order chi connectivity index (χ0) is 15.4. The first-order valence-electron chi connectivity index (χ1n) is 6.06. The van der Waals surface area contributed by atoms with E-state index in [-0.39, 0.29) is 11.1 Å². The van der Waals surface area contributed by atoms with E-state index >= 15 is 0 Å². The summed E-state index contributed by atoms with van der Waals surface area (Å²) in [7, 11) is 0. The molecular weight excluding hydrogens is 307 g/mol. The number of imidazole rings is 1. The normalized spacial score (nSPS) is 15.2. The summed E-state index contributed by atoms with van der Waals surface area (Å²) in [5.74, 6) is -0.992. The quantitative estimate of drug-likeness (QED) is 0.629. The maximum atomic E-state index is 13.2. The summed E-state index contributed by atoms with van der Waals surface area (Å²) < 4.78 is 40.5. The van der Waals surface area contributed by atoms with Gasteiger partial charge < -0.3 is 0 Å². The summed E-state index contributed by atoms with van der Waals surface area (Å²) in [4.78, 5) is 15.0. The first-order valence-corrected chi connectivity index (χ1v) is 6.44. The number of carbonyl (C=O) groups is 1. The number of ketones is 1. The Morgan fingerprint density at radius 1 is 1.48 bits per heavy atom. The summed E-state index contributed by atoms with van der Waals surface area (Å²) in [6.07, 6.45) is -1.53. The van der Waals surface area contributed by atoms with Crippen LogP contribution in [0.1, 0.15) is 40.4 Å².